The fourth-order valence-electron chi connectivity index (χ4n) is 3.81. The number of nitrogens with one attached hydrogen (secondary N) is 1. The fraction of sp³-hybridized carbons (Fsp3) is 0.600. The minimum absolute atomic E-state index is 0.0889. The molecule has 2 saturated heterocycles. The van der Waals surface area contributed by atoms with E-state index in [0.29, 0.717) is 44.2 Å². The average molecular weight is 409 g/mol. The van der Waals surface area contributed by atoms with E-state index in [1.807, 2.05) is 4.90 Å². The number of quaternary nitrogens is 1. The largest absolute Gasteiger partial charge is 0.338 e. The number of ketones is 1. The first kappa shape index (κ1) is 21.0. The molecule has 1 N–H and O–H groups in total. The Morgan fingerprint density at radius 3 is 2.14 bits per heavy atom. The Labute approximate surface area is 167 Å². The number of rotatable bonds is 5. The van der Waals surface area contributed by atoms with Crippen molar-refractivity contribution in [1.82, 2.24) is 9.21 Å². The van der Waals surface area contributed by atoms with E-state index in [1.54, 1.807) is 12.1 Å². The van der Waals surface area contributed by atoms with Gasteiger partial charge in [-0.15, -0.1) is 0 Å². The molecule has 0 saturated carbocycles. The van der Waals surface area contributed by atoms with Crippen molar-refractivity contribution < 1.29 is 22.9 Å². The van der Waals surface area contributed by atoms with E-state index in [2.05, 4.69) is 6.92 Å². The summed E-state index contributed by atoms with van der Waals surface area (Å²) in [6.45, 7) is 7.84. The van der Waals surface area contributed by atoms with Crippen LogP contribution in [0.4, 0.5) is 0 Å². The Kier molecular flexibility index (Phi) is 6.52. The molecule has 1 aromatic rings. The molecule has 0 atom stereocenters. The van der Waals surface area contributed by atoms with Crippen LogP contribution in [-0.4, -0.2) is 75.1 Å². The number of carbonyl (C=O) groups excluding carboxylic acids is 2. The standard InChI is InChI=1S/C20H29N3O4S/c1-16-7-9-22(10-8-16)20(25)15-21-11-13-23(14-12-21)28(26,27)19-5-3-18(4-6-19)17(2)24/h3-6,16H,7-15H2,1-2H3/p+1. The lowest BCUT2D eigenvalue weighted by molar-refractivity contribution is -0.896. The maximum absolute atomic E-state index is 12.8. The van der Waals surface area contributed by atoms with Crippen LogP contribution >= 0.6 is 0 Å². The van der Waals surface area contributed by atoms with Crippen molar-refractivity contribution in [2.75, 3.05) is 45.8 Å². The van der Waals surface area contributed by atoms with Gasteiger partial charge in [-0.1, -0.05) is 19.1 Å². The molecule has 0 aliphatic carbocycles. The van der Waals surface area contributed by atoms with E-state index in [9.17, 15) is 18.0 Å². The van der Waals surface area contributed by atoms with Gasteiger partial charge in [0.15, 0.2) is 12.3 Å². The van der Waals surface area contributed by atoms with E-state index < -0.39 is 10.0 Å². The number of hydrogen-bond acceptors (Lipinski definition) is 4. The first-order valence-corrected chi connectivity index (χ1v) is 11.4. The lowest BCUT2D eigenvalue weighted by atomic mass is 9.99. The fourth-order valence-corrected chi connectivity index (χ4v) is 5.26. The monoisotopic (exact) mass is 408 g/mol. The molecule has 0 unspecified atom stereocenters. The van der Waals surface area contributed by atoms with Crippen LogP contribution in [0.5, 0.6) is 0 Å². The minimum Gasteiger partial charge on any atom is -0.338 e. The zero-order valence-corrected chi connectivity index (χ0v) is 17.5. The summed E-state index contributed by atoms with van der Waals surface area (Å²) in [5.41, 5.74) is 0.499. The molecule has 0 aromatic heterocycles. The Hall–Kier alpha value is -1.77. The maximum atomic E-state index is 12.8. The predicted molar refractivity (Wildman–Crippen MR) is 106 cm³/mol. The lowest BCUT2D eigenvalue weighted by Gasteiger charge is -2.34. The summed E-state index contributed by atoms with van der Waals surface area (Å²) in [7, 11) is -3.57. The number of sulfonamides is 1. The number of Topliss-reactive ketones (excluding diaryl/α,β-unsaturated/α-hetero) is 1. The third kappa shape index (κ3) is 4.79. The van der Waals surface area contributed by atoms with Gasteiger partial charge in [0.05, 0.1) is 31.1 Å². The maximum Gasteiger partial charge on any atom is 0.277 e. The van der Waals surface area contributed by atoms with Crippen molar-refractivity contribution in [1.29, 1.82) is 0 Å². The van der Waals surface area contributed by atoms with Crippen LogP contribution in [0.15, 0.2) is 29.2 Å². The zero-order valence-electron chi connectivity index (χ0n) is 16.7. The Bertz CT molecular complexity index is 806. The Balaban J connectivity index is 1.54. The molecular formula is C20H30N3O4S+. The van der Waals surface area contributed by atoms with Gasteiger partial charge in [-0.3, -0.25) is 9.59 Å². The van der Waals surface area contributed by atoms with Gasteiger partial charge in [0.25, 0.3) is 5.91 Å². The van der Waals surface area contributed by atoms with Crippen LogP contribution in [0, 0.1) is 5.92 Å². The number of carbonyl (C=O) groups is 2. The summed E-state index contributed by atoms with van der Waals surface area (Å²) in [5, 5.41) is 0. The zero-order chi connectivity index (χ0) is 20.3. The molecule has 2 fully saturated rings. The van der Waals surface area contributed by atoms with Gasteiger partial charge in [-0.25, -0.2) is 8.42 Å². The van der Waals surface area contributed by atoms with Gasteiger partial charge in [-0.2, -0.15) is 4.31 Å². The molecule has 0 radical (unpaired) electrons. The predicted octanol–water partition coefficient (Wildman–Crippen LogP) is 0.0369. The third-order valence-corrected chi connectivity index (χ3v) is 7.78. The number of hydrogen-bond donors (Lipinski definition) is 1. The van der Waals surface area contributed by atoms with Crippen LogP contribution in [0.25, 0.3) is 0 Å². The van der Waals surface area contributed by atoms with Gasteiger partial charge >= 0.3 is 0 Å². The molecule has 154 valence electrons. The second-order valence-electron chi connectivity index (χ2n) is 7.97. The van der Waals surface area contributed by atoms with Crippen LogP contribution < -0.4 is 4.90 Å². The van der Waals surface area contributed by atoms with E-state index >= 15 is 0 Å². The number of amides is 1. The number of nitrogens with zero attached hydrogens (tertiary/aromatic N) is 2. The highest BCUT2D eigenvalue weighted by molar-refractivity contribution is 7.89. The molecule has 0 spiro atoms. The number of benzene rings is 1. The first-order chi connectivity index (χ1) is 13.3. The average Bonchev–Trinajstić information content (AvgIpc) is 2.69. The second-order valence-corrected chi connectivity index (χ2v) is 9.91. The molecular weight excluding hydrogens is 378 g/mol. The van der Waals surface area contributed by atoms with E-state index in [1.165, 1.54) is 23.4 Å². The quantitative estimate of drug-likeness (QED) is 0.698. The summed E-state index contributed by atoms with van der Waals surface area (Å²) >= 11 is 0. The van der Waals surface area contributed by atoms with Gasteiger partial charge in [-0.05, 0) is 37.8 Å². The molecule has 1 amide bonds. The second kappa shape index (κ2) is 8.71. The molecule has 0 bridgehead atoms. The van der Waals surface area contributed by atoms with E-state index in [-0.39, 0.29) is 16.6 Å². The highest BCUT2D eigenvalue weighted by Crippen LogP contribution is 2.17. The summed E-state index contributed by atoms with van der Waals surface area (Å²) in [6.07, 6.45) is 2.13. The molecule has 1 aromatic carbocycles. The molecule has 7 nitrogen and oxygen atoms in total. The molecule has 2 heterocycles. The molecule has 2 aliphatic heterocycles. The van der Waals surface area contributed by atoms with Gasteiger partial charge in [0.1, 0.15) is 0 Å². The minimum atomic E-state index is -3.57. The SMILES string of the molecule is CC(=O)c1ccc(S(=O)(=O)N2CC[NH+](CC(=O)N3CCC(C)CC3)CC2)cc1. The summed E-state index contributed by atoms with van der Waals surface area (Å²) in [4.78, 5) is 27.2. The normalized spacial score (nSPS) is 20.3. The van der Waals surface area contributed by atoms with Gasteiger partial charge in [0, 0.05) is 18.7 Å². The van der Waals surface area contributed by atoms with Crippen LogP contribution in [-0.2, 0) is 14.8 Å². The number of piperazine rings is 1. The van der Waals surface area contributed by atoms with Crippen molar-refractivity contribution in [3.8, 4) is 0 Å². The third-order valence-electron chi connectivity index (χ3n) is 5.87. The van der Waals surface area contributed by atoms with Gasteiger partial charge < -0.3 is 9.80 Å². The van der Waals surface area contributed by atoms with Crippen molar-refractivity contribution in [3.05, 3.63) is 29.8 Å². The van der Waals surface area contributed by atoms with Crippen LogP contribution in [0.1, 0.15) is 37.0 Å². The smallest absolute Gasteiger partial charge is 0.277 e. The number of likely N-dealkylation sites (tertiary alicyclic amines) is 1. The van der Waals surface area contributed by atoms with Crippen molar-refractivity contribution in [2.45, 2.75) is 31.6 Å². The van der Waals surface area contributed by atoms with Crippen molar-refractivity contribution in [2.24, 2.45) is 5.92 Å². The Morgan fingerprint density at radius 1 is 1.04 bits per heavy atom. The number of piperidine rings is 1. The van der Waals surface area contributed by atoms with Crippen LogP contribution in [0.2, 0.25) is 0 Å². The first-order valence-electron chi connectivity index (χ1n) is 10.00. The van der Waals surface area contributed by atoms with E-state index in [4.69, 9.17) is 0 Å². The highest BCUT2D eigenvalue weighted by Gasteiger charge is 2.32. The van der Waals surface area contributed by atoms with Crippen molar-refractivity contribution >= 4 is 21.7 Å². The van der Waals surface area contributed by atoms with Crippen LogP contribution in [0.3, 0.4) is 0 Å². The molecule has 28 heavy (non-hydrogen) atoms. The van der Waals surface area contributed by atoms with Crippen molar-refractivity contribution in [3.63, 3.8) is 0 Å². The summed E-state index contributed by atoms with van der Waals surface area (Å²) in [5.74, 6) is 0.779. The Morgan fingerprint density at radius 2 is 1.61 bits per heavy atom. The molecule has 8 heteroatoms. The van der Waals surface area contributed by atoms with Gasteiger partial charge in [0.2, 0.25) is 10.0 Å². The summed E-state index contributed by atoms with van der Waals surface area (Å²) < 4.78 is 27.1. The molecule has 3 rings (SSSR count). The topological polar surface area (TPSA) is 79.2 Å². The highest BCUT2D eigenvalue weighted by atomic mass is 32.2. The molecule has 2 aliphatic rings. The summed E-state index contributed by atoms with van der Waals surface area (Å²) in [6, 6.07) is 6.09. The van der Waals surface area contributed by atoms with E-state index in [0.717, 1.165) is 30.8 Å². The lowest BCUT2D eigenvalue weighted by Crippen LogP contribution is -3.15.